The molecule has 0 saturated heterocycles. The zero-order valence-electron chi connectivity index (χ0n) is 18.8. The number of rotatable bonds is 5. The maximum absolute atomic E-state index is 12.8. The molecule has 0 atom stereocenters. The molecule has 0 aliphatic heterocycles. The van der Waals surface area contributed by atoms with Crippen LogP contribution in [0.1, 0.15) is 18.1 Å². The first kappa shape index (κ1) is 22.2. The highest BCUT2D eigenvalue weighted by molar-refractivity contribution is 7.22. The smallest absolute Gasteiger partial charge is 0.250 e. The van der Waals surface area contributed by atoms with Crippen molar-refractivity contribution < 1.29 is 13.9 Å². The number of aryl methyl sites for hydroxylation is 1. The van der Waals surface area contributed by atoms with Crippen LogP contribution in [0, 0.1) is 6.92 Å². The van der Waals surface area contributed by atoms with E-state index in [0.717, 1.165) is 43.4 Å². The monoisotopic (exact) mass is 488 g/mol. The van der Waals surface area contributed by atoms with Crippen molar-refractivity contribution in [3.05, 3.63) is 83.1 Å². The number of halogens is 1. The fourth-order valence-corrected chi connectivity index (χ4v) is 5.00. The molecule has 0 aliphatic carbocycles. The zero-order chi connectivity index (χ0) is 23.8. The number of carbonyl (C=O) groups excluding carboxylic acids is 1. The molecule has 1 N–H and O–H groups in total. The molecular weight excluding hydrogens is 468 g/mol. The number of furan rings is 1. The molecule has 2 aromatic heterocycles. The molecular formula is C27H21ClN2O3S. The fraction of sp³-hybridized carbons (Fsp3) is 0.111. The van der Waals surface area contributed by atoms with Crippen LogP contribution in [0.4, 0.5) is 5.13 Å². The number of anilines is 1. The van der Waals surface area contributed by atoms with Crippen molar-refractivity contribution in [2.45, 2.75) is 13.8 Å². The zero-order valence-corrected chi connectivity index (χ0v) is 20.4. The van der Waals surface area contributed by atoms with Crippen LogP contribution in [0.15, 0.2) is 71.4 Å². The standard InChI is InChI=1S/C27H21ClN2O3S/c1-15-4-6-17(7-5-15)21-14-33-24-13-23(32-3)19(12-20(21)24)16(2)10-26(31)30-27-29-22-9-8-18(28)11-25(22)34-27/h4-14H,1-3H3,(H,29,30,31)/b16-10+. The molecule has 5 aromatic rings. The number of ether oxygens (including phenoxy) is 1. The molecule has 0 radical (unpaired) electrons. The van der Waals surface area contributed by atoms with Crippen LogP contribution in [0.5, 0.6) is 5.75 Å². The van der Waals surface area contributed by atoms with Crippen molar-refractivity contribution in [2.24, 2.45) is 0 Å². The Morgan fingerprint density at radius 3 is 2.71 bits per heavy atom. The van der Waals surface area contributed by atoms with Crippen LogP contribution in [0.25, 0.3) is 37.9 Å². The Morgan fingerprint density at radius 1 is 1.15 bits per heavy atom. The second-order valence-corrected chi connectivity index (χ2v) is 9.48. The Balaban J connectivity index is 1.47. The summed E-state index contributed by atoms with van der Waals surface area (Å²) in [4.78, 5) is 17.2. The average molecular weight is 489 g/mol. The summed E-state index contributed by atoms with van der Waals surface area (Å²) in [6, 6.07) is 17.6. The predicted molar refractivity (Wildman–Crippen MR) is 140 cm³/mol. The molecule has 3 aromatic carbocycles. The van der Waals surface area contributed by atoms with Crippen molar-refractivity contribution in [1.29, 1.82) is 0 Å². The van der Waals surface area contributed by atoms with E-state index in [0.29, 0.717) is 15.9 Å². The Hall–Kier alpha value is -3.61. The van der Waals surface area contributed by atoms with Crippen molar-refractivity contribution in [3.8, 4) is 16.9 Å². The van der Waals surface area contributed by atoms with E-state index in [1.807, 2.05) is 31.2 Å². The Bertz CT molecular complexity index is 1560. The lowest BCUT2D eigenvalue weighted by Crippen LogP contribution is -2.08. The van der Waals surface area contributed by atoms with Gasteiger partial charge in [0, 0.05) is 33.7 Å². The van der Waals surface area contributed by atoms with E-state index in [-0.39, 0.29) is 5.91 Å². The van der Waals surface area contributed by atoms with E-state index in [1.165, 1.54) is 16.9 Å². The van der Waals surface area contributed by atoms with Crippen LogP contribution >= 0.6 is 22.9 Å². The Labute approximate surface area is 205 Å². The minimum absolute atomic E-state index is 0.268. The molecule has 34 heavy (non-hydrogen) atoms. The number of nitrogens with zero attached hydrogens (tertiary/aromatic N) is 1. The summed E-state index contributed by atoms with van der Waals surface area (Å²) >= 11 is 7.43. The molecule has 170 valence electrons. The number of aromatic nitrogens is 1. The highest BCUT2D eigenvalue weighted by atomic mass is 35.5. The van der Waals surface area contributed by atoms with E-state index in [9.17, 15) is 4.79 Å². The summed E-state index contributed by atoms with van der Waals surface area (Å²) in [5.41, 5.74) is 6.34. The predicted octanol–water partition coefficient (Wildman–Crippen LogP) is 7.72. The molecule has 2 heterocycles. The largest absolute Gasteiger partial charge is 0.496 e. The summed E-state index contributed by atoms with van der Waals surface area (Å²) in [5.74, 6) is 0.365. The van der Waals surface area contributed by atoms with Crippen LogP contribution in [-0.2, 0) is 4.79 Å². The summed E-state index contributed by atoms with van der Waals surface area (Å²) in [7, 11) is 1.61. The SMILES string of the molecule is COc1cc2occ(-c3ccc(C)cc3)c2cc1/C(C)=C/C(=O)Nc1nc2ccc(Cl)cc2s1. The third-order valence-corrected chi connectivity index (χ3v) is 6.78. The number of nitrogens with one attached hydrogen (secondary N) is 1. The quantitative estimate of drug-likeness (QED) is 0.257. The summed E-state index contributed by atoms with van der Waals surface area (Å²) in [5, 5.41) is 4.96. The van der Waals surface area contributed by atoms with Gasteiger partial charge < -0.3 is 9.15 Å². The van der Waals surface area contributed by atoms with Crippen LogP contribution in [0.3, 0.4) is 0 Å². The van der Waals surface area contributed by atoms with E-state index in [2.05, 4.69) is 41.5 Å². The van der Waals surface area contributed by atoms with E-state index in [1.54, 1.807) is 25.5 Å². The Kier molecular flexibility index (Phi) is 5.86. The van der Waals surface area contributed by atoms with E-state index < -0.39 is 0 Å². The van der Waals surface area contributed by atoms with Gasteiger partial charge >= 0.3 is 0 Å². The molecule has 0 saturated carbocycles. The van der Waals surface area contributed by atoms with Crippen molar-refractivity contribution in [3.63, 3.8) is 0 Å². The number of hydrogen-bond donors (Lipinski definition) is 1. The van der Waals surface area contributed by atoms with Gasteiger partial charge in [-0.2, -0.15) is 0 Å². The van der Waals surface area contributed by atoms with Crippen LogP contribution in [-0.4, -0.2) is 18.0 Å². The lowest BCUT2D eigenvalue weighted by molar-refractivity contribution is -0.111. The lowest BCUT2D eigenvalue weighted by atomic mass is 9.99. The molecule has 0 bridgehead atoms. The van der Waals surface area contributed by atoms with Crippen molar-refractivity contribution in [2.75, 3.05) is 12.4 Å². The van der Waals surface area contributed by atoms with Gasteiger partial charge in [0.2, 0.25) is 5.91 Å². The van der Waals surface area contributed by atoms with Gasteiger partial charge in [0.15, 0.2) is 5.13 Å². The first-order chi connectivity index (χ1) is 16.4. The summed E-state index contributed by atoms with van der Waals surface area (Å²) in [6.07, 6.45) is 3.30. The normalized spacial score (nSPS) is 11.8. The van der Waals surface area contributed by atoms with Crippen molar-refractivity contribution >= 4 is 60.7 Å². The Morgan fingerprint density at radius 2 is 1.94 bits per heavy atom. The molecule has 5 nitrogen and oxygen atoms in total. The summed E-state index contributed by atoms with van der Waals surface area (Å²) in [6.45, 7) is 3.94. The lowest BCUT2D eigenvalue weighted by Gasteiger charge is -2.10. The average Bonchev–Trinajstić information content (AvgIpc) is 3.41. The van der Waals surface area contributed by atoms with Crippen LogP contribution < -0.4 is 10.1 Å². The van der Waals surface area contributed by atoms with Gasteiger partial charge in [0.1, 0.15) is 11.3 Å². The third-order valence-electron chi connectivity index (χ3n) is 5.61. The maximum atomic E-state index is 12.8. The fourth-order valence-electron chi connectivity index (χ4n) is 3.86. The number of thiazole rings is 1. The second kappa shape index (κ2) is 8.97. The summed E-state index contributed by atoms with van der Waals surface area (Å²) < 4.78 is 12.3. The highest BCUT2D eigenvalue weighted by Gasteiger charge is 2.15. The minimum atomic E-state index is -0.268. The molecule has 7 heteroatoms. The highest BCUT2D eigenvalue weighted by Crippen LogP contribution is 2.37. The molecule has 0 unspecified atom stereocenters. The van der Waals surface area contributed by atoms with Crippen LogP contribution in [0.2, 0.25) is 5.02 Å². The number of benzene rings is 3. The molecule has 0 spiro atoms. The van der Waals surface area contributed by atoms with Gasteiger partial charge in [-0.3, -0.25) is 10.1 Å². The van der Waals surface area contributed by atoms with Gasteiger partial charge in [0.05, 0.1) is 23.6 Å². The number of fused-ring (bicyclic) bond motifs is 2. The van der Waals surface area contributed by atoms with Crippen molar-refractivity contribution in [1.82, 2.24) is 4.98 Å². The first-order valence-electron chi connectivity index (χ1n) is 10.6. The molecule has 1 amide bonds. The van der Waals surface area contributed by atoms with Gasteiger partial charge in [-0.1, -0.05) is 52.8 Å². The maximum Gasteiger partial charge on any atom is 0.250 e. The van der Waals surface area contributed by atoms with Gasteiger partial charge in [-0.15, -0.1) is 0 Å². The first-order valence-corrected chi connectivity index (χ1v) is 11.8. The number of amides is 1. The number of hydrogen-bond acceptors (Lipinski definition) is 5. The molecule has 0 fully saturated rings. The second-order valence-electron chi connectivity index (χ2n) is 8.01. The van der Waals surface area contributed by atoms with Gasteiger partial charge in [-0.25, -0.2) is 4.98 Å². The van der Waals surface area contributed by atoms with Gasteiger partial charge in [-0.05, 0) is 49.2 Å². The van der Waals surface area contributed by atoms with E-state index >= 15 is 0 Å². The number of carbonyl (C=O) groups is 1. The third kappa shape index (κ3) is 4.30. The molecule has 0 aliphatic rings. The minimum Gasteiger partial charge on any atom is -0.496 e. The van der Waals surface area contributed by atoms with Gasteiger partial charge in [0.25, 0.3) is 0 Å². The number of methoxy groups -OCH3 is 1. The molecule has 5 rings (SSSR count). The number of allylic oxidation sites excluding steroid dienone is 1. The van der Waals surface area contributed by atoms with E-state index in [4.69, 9.17) is 20.8 Å². The topological polar surface area (TPSA) is 64.4 Å².